The Morgan fingerprint density at radius 2 is 1.81 bits per heavy atom. The molecule has 0 radical (unpaired) electrons. The van der Waals surface area contributed by atoms with Crippen molar-refractivity contribution in [2.24, 2.45) is 5.41 Å². The summed E-state index contributed by atoms with van der Waals surface area (Å²) in [5, 5.41) is 12.4. The Morgan fingerprint density at radius 1 is 1.16 bits per heavy atom. The Morgan fingerprint density at radius 3 is 2.38 bits per heavy atom. The van der Waals surface area contributed by atoms with Crippen molar-refractivity contribution < 1.29 is 36.2 Å². The van der Waals surface area contributed by atoms with Crippen LogP contribution in [0.1, 0.15) is 72.6 Å². The highest BCUT2D eigenvalue weighted by Crippen LogP contribution is 2.46. The van der Waals surface area contributed by atoms with Crippen LogP contribution in [0.15, 0.2) is 30.3 Å². The van der Waals surface area contributed by atoms with E-state index in [-0.39, 0.29) is 34.7 Å². The Bertz CT molecular complexity index is 1140. The predicted octanol–water partition coefficient (Wildman–Crippen LogP) is 6.89. The van der Waals surface area contributed by atoms with Crippen LogP contribution >= 0.6 is 0 Å². The van der Waals surface area contributed by atoms with Crippen LogP contribution < -0.4 is 5.32 Å². The average molecular weight is 529 g/mol. The quantitative estimate of drug-likeness (QED) is 0.367. The Hall–Kier alpha value is -2.75. The number of nitrogens with one attached hydrogen (secondary N) is 1. The maximum absolute atomic E-state index is 15.5. The summed E-state index contributed by atoms with van der Waals surface area (Å²) in [6.45, 7) is 1.80. The van der Waals surface area contributed by atoms with Crippen LogP contribution in [0, 0.1) is 17.0 Å². The summed E-state index contributed by atoms with van der Waals surface area (Å²) in [4.78, 5) is 12.4. The van der Waals surface area contributed by atoms with Gasteiger partial charge in [0.15, 0.2) is 0 Å². The fourth-order valence-electron chi connectivity index (χ4n) is 5.92. The van der Waals surface area contributed by atoms with Crippen LogP contribution in [0.5, 0.6) is 0 Å². The predicted molar refractivity (Wildman–Crippen MR) is 127 cm³/mol. The highest BCUT2D eigenvalue weighted by Gasteiger charge is 2.43. The molecule has 1 aliphatic heterocycles. The molecule has 0 spiro atoms. The van der Waals surface area contributed by atoms with Crippen molar-refractivity contribution in [2.75, 3.05) is 18.5 Å². The zero-order valence-electron chi connectivity index (χ0n) is 20.6. The molecule has 0 aromatic heterocycles. The highest BCUT2D eigenvalue weighted by atomic mass is 19.4. The molecule has 4 nitrogen and oxygen atoms in total. The molecule has 2 atom stereocenters. The van der Waals surface area contributed by atoms with Gasteiger partial charge in [-0.15, -0.1) is 0 Å². The first kappa shape index (κ1) is 27.3. The zero-order chi connectivity index (χ0) is 27.1. The number of alkyl halides is 4. The lowest BCUT2D eigenvalue weighted by Gasteiger charge is -2.46. The molecular weight excluding hydrogens is 498 g/mol. The number of rotatable bonds is 8. The van der Waals surface area contributed by atoms with Crippen molar-refractivity contribution >= 4 is 11.7 Å². The van der Waals surface area contributed by atoms with Gasteiger partial charge in [-0.2, -0.15) is 13.2 Å². The molecule has 0 amide bonds. The number of nitrogens with zero attached hydrogens (tertiary/aromatic N) is 1. The fourth-order valence-corrected chi connectivity index (χ4v) is 5.92. The maximum atomic E-state index is 15.5. The van der Waals surface area contributed by atoms with Gasteiger partial charge in [0.2, 0.25) is 0 Å². The van der Waals surface area contributed by atoms with Gasteiger partial charge < -0.3 is 10.4 Å². The molecule has 10 heteroatoms. The summed E-state index contributed by atoms with van der Waals surface area (Å²) in [6, 6.07) is 3.93. The Labute approximate surface area is 211 Å². The van der Waals surface area contributed by atoms with E-state index in [1.807, 2.05) is 6.92 Å². The van der Waals surface area contributed by atoms with Crippen molar-refractivity contribution in [1.29, 1.82) is 0 Å². The maximum Gasteiger partial charge on any atom is 0.401 e. The highest BCUT2D eigenvalue weighted by molar-refractivity contribution is 5.88. The van der Waals surface area contributed by atoms with E-state index in [9.17, 15) is 27.5 Å². The van der Waals surface area contributed by atoms with Crippen LogP contribution in [-0.2, 0) is 6.42 Å². The number of carbonyl (C=O) groups is 1. The third-order valence-electron chi connectivity index (χ3n) is 7.58. The van der Waals surface area contributed by atoms with Gasteiger partial charge in [-0.25, -0.2) is 13.6 Å². The largest absolute Gasteiger partial charge is 0.478 e. The van der Waals surface area contributed by atoms with Gasteiger partial charge in [-0.3, -0.25) is 9.29 Å². The van der Waals surface area contributed by atoms with E-state index in [4.69, 9.17) is 0 Å². The monoisotopic (exact) mass is 528 g/mol. The molecule has 0 saturated heterocycles. The van der Waals surface area contributed by atoms with Gasteiger partial charge in [0.1, 0.15) is 11.6 Å². The number of hydrogen-bond donors (Lipinski definition) is 2. The number of carboxylic acid groups (broad SMARTS) is 1. The van der Waals surface area contributed by atoms with Crippen molar-refractivity contribution in [3.63, 3.8) is 0 Å². The second-order valence-corrected chi connectivity index (χ2v) is 10.7. The molecule has 2 N–H and O–H groups in total. The molecular formula is C27H30F6N2O2. The van der Waals surface area contributed by atoms with E-state index in [1.165, 1.54) is 25.1 Å². The molecule has 0 bridgehead atoms. The summed E-state index contributed by atoms with van der Waals surface area (Å²) < 4.78 is 84.0. The second kappa shape index (κ2) is 10.2. The Kier molecular flexibility index (Phi) is 7.52. The summed E-state index contributed by atoms with van der Waals surface area (Å²) >= 11 is 0. The molecule has 1 heterocycles. The molecule has 4 rings (SSSR count). The lowest BCUT2D eigenvalue weighted by atomic mass is 9.64. The Balaban J connectivity index is 1.67. The summed E-state index contributed by atoms with van der Waals surface area (Å²) in [7, 11) is 0. The SMILES string of the molecule is C[C@@H]1Cc2cc(C(=O)O)ccc2[C@@H](c2c(F)cc(NC3CC(C)(CCCF)C3)cc2F)N1CC(F)(F)F. The first-order valence-corrected chi connectivity index (χ1v) is 12.3. The smallest absolute Gasteiger partial charge is 0.401 e. The molecule has 202 valence electrons. The lowest BCUT2D eigenvalue weighted by Crippen LogP contribution is -2.47. The first-order chi connectivity index (χ1) is 17.3. The molecule has 2 aromatic carbocycles. The minimum atomic E-state index is -4.61. The number of aromatic carboxylic acids is 1. The molecule has 1 fully saturated rings. The van der Waals surface area contributed by atoms with Gasteiger partial charge in [-0.05, 0) is 79.8 Å². The van der Waals surface area contributed by atoms with Gasteiger partial charge in [0.05, 0.1) is 24.8 Å². The van der Waals surface area contributed by atoms with Crippen LogP contribution in [0.3, 0.4) is 0 Å². The number of anilines is 1. The first-order valence-electron chi connectivity index (χ1n) is 12.3. The molecule has 1 aliphatic carbocycles. The second-order valence-electron chi connectivity index (χ2n) is 10.7. The van der Waals surface area contributed by atoms with Crippen LogP contribution in [-0.4, -0.2) is 47.5 Å². The minimum Gasteiger partial charge on any atom is -0.478 e. The van der Waals surface area contributed by atoms with Crippen LogP contribution in [0.2, 0.25) is 0 Å². The third-order valence-corrected chi connectivity index (χ3v) is 7.58. The molecule has 2 aromatic rings. The number of benzene rings is 2. The average Bonchev–Trinajstić information content (AvgIpc) is 2.76. The summed E-state index contributed by atoms with van der Waals surface area (Å²) in [6.07, 6.45) is -1.88. The van der Waals surface area contributed by atoms with E-state index >= 15 is 8.78 Å². The van der Waals surface area contributed by atoms with Gasteiger partial charge in [0, 0.05) is 23.3 Å². The topological polar surface area (TPSA) is 52.6 Å². The number of carboxylic acids is 1. The molecule has 37 heavy (non-hydrogen) atoms. The normalized spacial score (nSPS) is 25.9. The van der Waals surface area contributed by atoms with Gasteiger partial charge in [-0.1, -0.05) is 13.0 Å². The standard InChI is InChI=1S/C27H30F6N2O2/c1-15-8-17-9-16(25(36)37)4-5-20(17)24(35(15)14-27(31,32)33)23-21(29)10-18(11-22(23)30)34-19-12-26(2,13-19)6-3-7-28/h4-5,9-11,15,19,24,34H,3,6-8,12-14H2,1-2H3,(H,36,37)/t15-,19?,24+,26?/m1/s1. The van der Waals surface area contributed by atoms with Crippen LogP contribution in [0.4, 0.5) is 32.0 Å². The molecule has 2 aliphatic rings. The minimum absolute atomic E-state index is 0.0321. The fraction of sp³-hybridized carbons (Fsp3) is 0.519. The van der Waals surface area contributed by atoms with E-state index in [1.54, 1.807) is 0 Å². The van der Waals surface area contributed by atoms with Crippen molar-refractivity contribution in [1.82, 2.24) is 4.90 Å². The van der Waals surface area contributed by atoms with E-state index in [2.05, 4.69) is 5.32 Å². The number of halogens is 6. The third kappa shape index (κ3) is 5.89. The van der Waals surface area contributed by atoms with E-state index in [0.29, 0.717) is 12.0 Å². The molecule has 0 unspecified atom stereocenters. The van der Waals surface area contributed by atoms with Crippen molar-refractivity contribution in [3.8, 4) is 0 Å². The van der Waals surface area contributed by atoms with Gasteiger partial charge in [0.25, 0.3) is 0 Å². The van der Waals surface area contributed by atoms with Crippen LogP contribution in [0.25, 0.3) is 0 Å². The number of hydrogen-bond acceptors (Lipinski definition) is 3. The van der Waals surface area contributed by atoms with Crippen molar-refractivity contribution in [3.05, 3.63) is 64.2 Å². The van der Waals surface area contributed by atoms with E-state index < -0.39 is 54.6 Å². The van der Waals surface area contributed by atoms with Gasteiger partial charge >= 0.3 is 12.1 Å². The lowest BCUT2D eigenvalue weighted by molar-refractivity contribution is -0.155. The summed E-state index contributed by atoms with van der Waals surface area (Å²) in [5.74, 6) is -3.17. The van der Waals surface area contributed by atoms with E-state index in [0.717, 1.165) is 36.3 Å². The molecule has 1 saturated carbocycles. The zero-order valence-corrected chi connectivity index (χ0v) is 20.6. The number of fused-ring (bicyclic) bond motifs is 1. The summed E-state index contributed by atoms with van der Waals surface area (Å²) in [5.41, 5.74) is 0.284. The van der Waals surface area contributed by atoms with Crippen molar-refractivity contribution in [2.45, 2.75) is 70.3 Å².